The Bertz CT molecular complexity index is 2100. The molecule has 3 aromatic carbocycles. The number of nitrogens with one attached hydrogen (secondary N) is 3. The van der Waals surface area contributed by atoms with E-state index >= 15 is 0 Å². The van der Waals surface area contributed by atoms with Gasteiger partial charge in [0.15, 0.2) is 0 Å². The normalized spacial score (nSPS) is 12.3. The summed E-state index contributed by atoms with van der Waals surface area (Å²) in [6.07, 6.45) is 0. The van der Waals surface area contributed by atoms with Gasteiger partial charge < -0.3 is 61.2 Å². The molecule has 12 N–H and O–H groups in total. The van der Waals surface area contributed by atoms with Gasteiger partial charge in [-0.3, -0.25) is 19.9 Å². The minimum absolute atomic E-state index is 0.0496. The van der Waals surface area contributed by atoms with E-state index in [1.54, 1.807) is 54.6 Å². The lowest BCUT2D eigenvalue weighted by molar-refractivity contribution is 0.238. The highest BCUT2D eigenvalue weighted by Crippen LogP contribution is 2.14. The number of pyridine rings is 3. The van der Waals surface area contributed by atoms with Crippen molar-refractivity contribution >= 4 is 36.7 Å². The second kappa shape index (κ2) is 20.6. The molecule has 6 rings (SSSR count). The highest BCUT2D eigenvalue weighted by Gasteiger charge is 2.23. The number of hydrogen-bond acceptors (Lipinski definition) is 16. The number of nitrogens with zero attached hydrogens (tertiary/aromatic N) is 4. The highest BCUT2D eigenvalue weighted by molar-refractivity contribution is 6.72. The molecule has 0 aliphatic heterocycles. The van der Waals surface area contributed by atoms with E-state index in [1.165, 1.54) is 18.2 Å². The van der Waals surface area contributed by atoms with E-state index in [-0.39, 0.29) is 36.0 Å². The molecule has 0 aliphatic rings. The molecule has 16 nitrogen and oxygen atoms in total. The van der Waals surface area contributed by atoms with Crippen LogP contribution in [0.1, 0.15) is 50.9 Å². The summed E-state index contributed by atoms with van der Waals surface area (Å²) in [5.74, 6) is 0. The van der Waals surface area contributed by atoms with Gasteiger partial charge in [-0.2, -0.15) is 0 Å². The maximum absolute atomic E-state index is 9.85. The van der Waals surface area contributed by atoms with Gasteiger partial charge in [0.1, 0.15) is 0 Å². The van der Waals surface area contributed by atoms with E-state index in [0.29, 0.717) is 56.0 Å². The molecule has 0 saturated carbocycles. The topological polar surface area (TPSA) is 260 Å². The lowest BCUT2D eigenvalue weighted by Crippen LogP contribution is -2.50. The highest BCUT2D eigenvalue weighted by atomic mass is 16.6. The van der Waals surface area contributed by atoms with Crippen LogP contribution in [0.3, 0.4) is 0 Å². The van der Waals surface area contributed by atoms with Crippen LogP contribution in [0.2, 0.25) is 0 Å². The predicted molar refractivity (Wildman–Crippen MR) is 233 cm³/mol. The molecule has 0 aliphatic carbocycles. The van der Waals surface area contributed by atoms with E-state index < -0.39 is 20.3 Å². The van der Waals surface area contributed by atoms with E-state index in [4.69, 9.17) is 15.0 Å². The summed E-state index contributed by atoms with van der Waals surface area (Å²) in [4.78, 5) is 16.9. The van der Waals surface area contributed by atoms with Gasteiger partial charge in [0.2, 0.25) is 0 Å². The number of aromatic nitrogens is 3. The molecular formula is C42H51B3N7O9-3. The molecule has 0 fully saturated rings. The third-order valence-corrected chi connectivity index (χ3v) is 10.0. The third kappa shape index (κ3) is 13.6. The molecule has 0 unspecified atom stereocenters. The van der Waals surface area contributed by atoms with Crippen molar-refractivity contribution in [2.24, 2.45) is 0 Å². The van der Waals surface area contributed by atoms with Gasteiger partial charge in [0, 0.05) is 58.9 Å². The second-order valence-corrected chi connectivity index (χ2v) is 15.1. The fourth-order valence-corrected chi connectivity index (χ4v) is 7.20. The van der Waals surface area contributed by atoms with Crippen LogP contribution < -0.4 is 32.3 Å². The van der Waals surface area contributed by atoms with Crippen molar-refractivity contribution in [3.05, 3.63) is 178 Å². The summed E-state index contributed by atoms with van der Waals surface area (Å²) in [5, 5.41) is 98.4. The predicted octanol–water partition coefficient (Wildman–Crippen LogP) is -1.69. The molecule has 0 radical (unpaired) electrons. The number of hydrogen-bond donors (Lipinski definition) is 12. The van der Waals surface area contributed by atoms with Crippen molar-refractivity contribution in [2.75, 3.05) is 0 Å². The van der Waals surface area contributed by atoms with Gasteiger partial charge in [-0.15, -0.1) is 16.4 Å². The Labute approximate surface area is 354 Å². The molecule has 0 amide bonds. The molecule has 6 aromatic rings. The Kier molecular flexibility index (Phi) is 15.3. The zero-order chi connectivity index (χ0) is 43.5. The first-order valence-electron chi connectivity index (χ1n) is 20.0. The van der Waals surface area contributed by atoms with Crippen molar-refractivity contribution in [2.45, 2.75) is 58.9 Å². The van der Waals surface area contributed by atoms with Gasteiger partial charge in [0.25, 0.3) is 0 Å². The average molecular weight is 830 g/mol. The van der Waals surface area contributed by atoms with Crippen LogP contribution in [-0.2, 0) is 58.9 Å². The molecule has 320 valence electrons. The molecule has 0 spiro atoms. The fraction of sp³-hybridized carbons (Fsp3) is 0.214. The quantitative estimate of drug-likeness (QED) is 0.0362. The van der Waals surface area contributed by atoms with Crippen molar-refractivity contribution in [1.82, 2.24) is 35.8 Å². The maximum Gasteiger partial charge on any atom is 0.402 e. The third-order valence-electron chi connectivity index (χ3n) is 10.0. The zero-order valence-corrected chi connectivity index (χ0v) is 33.5. The Hall–Kier alpha value is -5.22. The summed E-state index contributed by atoms with van der Waals surface area (Å²) in [7, 11) is 0. The van der Waals surface area contributed by atoms with Crippen molar-refractivity contribution < 1.29 is 45.2 Å². The van der Waals surface area contributed by atoms with Crippen LogP contribution in [0, 0.1) is 0 Å². The smallest absolute Gasteiger partial charge is 0.402 e. The van der Waals surface area contributed by atoms with Gasteiger partial charge in [-0.05, 0) is 36.4 Å². The van der Waals surface area contributed by atoms with E-state index in [2.05, 4.69) is 20.9 Å². The zero-order valence-electron chi connectivity index (χ0n) is 33.5. The van der Waals surface area contributed by atoms with Crippen molar-refractivity contribution in [3.63, 3.8) is 0 Å². The molecule has 3 aromatic heterocycles. The molecule has 3 heterocycles. The Morgan fingerprint density at radius 1 is 0.328 bits per heavy atom. The van der Waals surface area contributed by atoms with Crippen LogP contribution in [0.4, 0.5) is 0 Å². The minimum atomic E-state index is -3.65. The SMILES string of the molecule is O[B-](O)(O)c1ccccc1CNCc1cccc(CN(Cc2cccc(CNCc3ccccc3[B-](O)(O)O)n2)Cc2cccc(CNCc3ccccc3[B-](O)(O)O)n2)n1. The van der Waals surface area contributed by atoms with Crippen molar-refractivity contribution in [3.8, 4) is 0 Å². The first-order chi connectivity index (χ1) is 29.1. The molecule has 0 atom stereocenters. The molecule has 0 saturated heterocycles. The summed E-state index contributed by atoms with van der Waals surface area (Å²) >= 11 is 0. The van der Waals surface area contributed by atoms with E-state index in [9.17, 15) is 45.2 Å². The summed E-state index contributed by atoms with van der Waals surface area (Å²) in [5.41, 5.74) is 6.44. The van der Waals surface area contributed by atoms with Gasteiger partial charge >= 0.3 is 20.3 Å². The van der Waals surface area contributed by atoms with Crippen LogP contribution in [-0.4, -0.2) is 85.3 Å². The number of rotatable bonds is 21. The van der Waals surface area contributed by atoms with Crippen LogP contribution in [0.25, 0.3) is 0 Å². The Morgan fingerprint density at radius 3 is 0.869 bits per heavy atom. The number of benzene rings is 3. The standard InChI is InChI=1S/C42H51B3N7O9/c53-43(54,55)40-19-4-1-10-31(40)22-46-25-34-13-7-16-37(49-34)28-52(29-38-17-8-14-35(50-38)26-47-23-32-11-2-5-20-41(32)44(56,57)58)30-39-18-9-15-36(51-39)27-48-24-33-12-3-6-21-42(33)45(59,60)61/h1-21,46-48,53-61H,22-30H2/q-3. The fourth-order valence-electron chi connectivity index (χ4n) is 7.20. The molecule has 61 heavy (non-hydrogen) atoms. The van der Waals surface area contributed by atoms with Crippen molar-refractivity contribution in [1.29, 1.82) is 0 Å². The lowest BCUT2D eigenvalue weighted by atomic mass is 9.68. The Morgan fingerprint density at radius 2 is 0.590 bits per heavy atom. The van der Waals surface area contributed by atoms with E-state index in [0.717, 1.165) is 34.2 Å². The summed E-state index contributed by atoms with van der Waals surface area (Å²) in [6.45, 7) is -7.72. The van der Waals surface area contributed by atoms with Gasteiger partial charge in [-0.25, -0.2) is 0 Å². The van der Waals surface area contributed by atoms with Gasteiger partial charge in [0.05, 0.1) is 34.2 Å². The van der Waals surface area contributed by atoms with Crippen LogP contribution in [0.15, 0.2) is 127 Å². The summed E-state index contributed by atoms with van der Waals surface area (Å²) in [6, 6.07) is 36.9. The minimum Gasteiger partial charge on any atom is -0.556 e. The van der Waals surface area contributed by atoms with Gasteiger partial charge in [-0.1, -0.05) is 108 Å². The Balaban J connectivity index is 1.15. The van der Waals surface area contributed by atoms with Crippen LogP contribution >= 0.6 is 0 Å². The first kappa shape index (κ1) is 45.3. The lowest BCUT2D eigenvalue weighted by Gasteiger charge is -2.25. The second-order valence-electron chi connectivity index (χ2n) is 15.1. The first-order valence-corrected chi connectivity index (χ1v) is 20.0. The largest absolute Gasteiger partial charge is 0.556 e. The maximum atomic E-state index is 9.85. The molecule has 19 heteroatoms. The van der Waals surface area contributed by atoms with Crippen LogP contribution in [0.5, 0.6) is 0 Å². The molecular weight excluding hydrogens is 779 g/mol. The average Bonchev–Trinajstić information content (AvgIpc) is 3.21. The summed E-state index contributed by atoms with van der Waals surface area (Å²) < 4.78 is 0. The van der Waals surface area contributed by atoms with E-state index in [1.807, 2.05) is 54.6 Å². The monoisotopic (exact) mass is 830 g/mol. The molecule has 0 bridgehead atoms.